The van der Waals surface area contributed by atoms with E-state index < -0.39 is 23.8 Å². The Morgan fingerprint density at radius 2 is 1.92 bits per heavy atom. The highest BCUT2D eigenvalue weighted by molar-refractivity contribution is 5.96. The summed E-state index contributed by atoms with van der Waals surface area (Å²) in [4.78, 5) is 23.8. The number of anilines is 1. The number of nitrogens with one attached hydrogen (secondary N) is 1. The quantitative estimate of drug-likeness (QED) is 0.605. The lowest BCUT2D eigenvalue weighted by molar-refractivity contribution is -0.148. The topological polar surface area (TPSA) is 64.6 Å². The summed E-state index contributed by atoms with van der Waals surface area (Å²) in [5.41, 5.74) is 1.09. The van der Waals surface area contributed by atoms with Crippen molar-refractivity contribution in [2.75, 3.05) is 11.9 Å². The van der Waals surface area contributed by atoms with E-state index in [-0.39, 0.29) is 0 Å². The highest BCUT2D eigenvalue weighted by Gasteiger charge is 2.16. The van der Waals surface area contributed by atoms with Gasteiger partial charge in [0.15, 0.2) is 6.10 Å². The van der Waals surface area contributed by atoms with E-state index in [1.54, 1.807) is 36.4 Å². The summed E-state index contributed by atoms with van der Waals surface area (Å²) in [5.74, 6) is -0.917. The van der Waals surface area contributed by atoms with Gasteiger partial charge in [-0.05, 0) is 55.8 Å². The Morgan fingerprint density at radius 3 is 2.58 bits per heavy atom. The predicted molar refractivity (Wildman–Crippen MR) is 97.2 cm³/mol. The SMILES string of the molecule is CCOc1ccc(/C=C/C(=O)O[C@H](C)C(=O)Nc2cccc(F)c2)cc1. The molecule has 0 aliphatic rings. The number of esters is 1. The first-order chi connectivity index (χ1) is 12.5. The molecule has 0 radical (unpaired) electrons. The lowest BCUT2D eigenvalue weighted by atomic mass is 10.2. The van der Waals surface area contributed by atoms with E-state index in [4.69, 9.17) is 9.47 Å². The van der Waals surface area contributed by atoms with Crippen LogP contribution in [0.2, 0.25) is 0 Å². The standard InChI is InChI=1S/C20H20FNO4/c1-3-25-18-10-7-15(8-11-18)9-12-19(23)26-14(2)20(24)22-17-6-4-5-16(21)13-17/h4-14H,3H2,1-2H3,(H,22,24)/b12-9+/t14-/m1/s1. The Balaban J connectivity index is 1.86. The van der Waals surface area contributed by atoms with E-state index in [0.29, 0.717) is 12.3 Å². The minimum atomic E-state index is -1.02. The van der Waals surface area contributed by atoms with Crippen LogP contribution in [0.15, 0.2) is 54.6 Å². The number of carbonyl (C=O) groups excluding carboxylic acids is 2. The third kappa shape index (κ3) is 6.05. The first kappa shape index (κ1) is 19.2. The van der Waals surface area contributed by atoms with E-state index in [1.807, 2.05) is 6.92 Å². The highest BCUT2D eigenvalue weighted by atomic mass is 19.1. The van der Waals surface area contributed by atoms with Crippen LogP contribution < -0.4 is 10.1 Å². The van der Waals surface area contributed by atoms with E-state index in [0.717, 1.165) is 11.3 Å². The van der Waals surface area contributed by atoms with Crippen molar-refractivity contribution in [1.82, 2.24) is 0 Å². The van der Waals surface area contributed by atoms with Crippen LogP contribution in [0.3, 0.4) is 0 Å². The van der Waals surface area contributed by atoms with E-state index >= 15 is 0 Å². The average Bonchev–Trinajstić information content (AvgIpc) is 2.61. The van der Waals surface area contributed by atoms with Crippen LogP contribution in [0, 0.1) is 5.82 Å². The second kappa shape index (κ2) is 9.36. The molecule has 0 saturated carbocycles. The molecular formula is C20H20FNO4. The molecule has 0 fully saturated rings. The molecule has 0 heterocycles. The Morgan fingerprint density at radius 1 is 1.19 bits per heavy atom. The maximum absolute atomic E-state index is 13.1. The Bertz CT molecular complexity index is 787. The van der Waals surface area contributed by atoms with E-state index in [9.17, 15) is 14.0 Å². The molecule has 0 aromatic heterocycles. The van der Waals surface area contributed by atoms with Gasteiger partial charge in [-0.3, -0.25) is 4.79 Å². The first-order valence-electron chi connectivity index (χ1n) is 8.16. The van der Waals surface area contributed by atoms with Crippen LogP contribution in [0.25, 0.3) is 6.08 Å². The Hall–Kier alpha value is -3.15. The number of hydrogen-bond acceptors (Lipinski definition) is 4. The molecule has 0 bridgehead atoms. The zero-order chi connectivity index (χ0) is 18.9. The van der Waals surface area contributed by atoms with Crippen molar-refractivity contribution >= 4 is 23.6 Å². The van der Waals surface area contributed by atoms with Crippen molar-refractivity contribution in [3.05, 3.63) is 66.0 Å². The number of rotatable bonds is 7. The molecule has 2 aromatic carbocycles. The maximum atomic E-state index is 13.1. The normalized spacial score (nSPS) is 11.8. The van der Waals surface area contributed by atoms with Gasteiger partial charge in [0.1, 0.15) is 11.6 Å². The van der Waals surface area contributed by atoms with Crippen LogP contribution in [0.4, 0.5) is 10.1 Å². The van der Waals surface area contributed by atoms with Gasteiger partial charge in [0.05, 0.1) is 6.61 Å². The summed E-state index contributed by atoms with van der Waals surface area (Å²) >= 11 is 0. The molecule has 0 spiro atoms. The lowest BCUT2D eigenvalue weighted by Gasteiger charge is -2.12. The van der Waals surface area contributed by atoms with Crippen molar-refractivity contribution in [2.24, 2.45) is 0 Å². The summed E-state index contributed by atoms with van der Waals surface area (Å²) in [6.45, 7) is 3.92. The number of amides is 1. The molecule has 1 N–H and O–H groups in total. The van der Waals surface area contributed by atoms with Gasteiger partial charge >= 0.3 is 5.97 Å². The van der Waals surface area contributed by atoms with Crippen LogP contribution in [0.5, 0.6) is 5.75 Å². The largest absolute Gasteiger partial charge is 0.494 e. The van der Waals surface area contributed by atoms with Crippen LogP contribution in [-0.2, 0) is 14.3 Å². The third-order valence-electron chi connectivity index (χ3n) is 3.36. The molecule has 1 atom stereocenters. The molecule has 1 amide bonds. The molecule has 136 valence electrons. The molecule has 0 aliphatic carbocycles. The lowest BCUT2D eigenvalue weighted by Crippen LogP contribution is -2.29. The fourth-order valence-electron chi connectivity index (χ4n) is 2.08. The first-order valence-corrected chi connectivity index (χ1v) is 8.16. The minimum absolute atomic E-state index is 0.294. The zero-order valence-corrected chi connectivity index (χ0v) is 14.6. The van der Waals surface area contributed by atoms with Gasteiger partial charge in [0.2, 0.25) is 0 Å². The van der Waals surface area contributed by atoms with Gasteiger partial charge in [-0.15, -0.1) is 0 Å². The molecule has 2 rings (SSSR count). The Kier molecular flexibility index (Phi) is 6.91. The average molecular weight is 357 g/mol. The molecule has 0 saturated heterocycles. The van der Waals surface area contributed by atoms with E-state index in [1.165, 1.54) is 31.2 Å². The molecule has 0 aliphatic heterocycles. The molecular weight excluding hydrogens is 337 g/mol. The maximum Gasteiger partial charge on any atom is 0.331 e. The molecule has 2 aromatic rings. The van der Waals surface area contributed by atoms with Gasteiger partial charge in [-0.25, -0.2) is 9.18 Å². The van der Waals surface area contributed by atoms with Gasteiger partial charge in [-0.2, -0.15) is 0 Å². The van der Waals surface area contributed by atoms with Crippen molar-refractivity contribution in [3.8, 4) is 5.75 Å². The van der Waals surface area contributed by atoms with Gasteiger partial charge in [0, 0.05) is 11.8 Å². The number of ether oxygens (including phenoxy) is 2. The van der Waals surface area contributed by atoms with E-state index in [2.05, 4.69) is 5.32 Å². The van der Waals surface area contributed by atoms with Crippen molar-refractivity contribution in [2.45, 2.75) is 20.0 Å². The second-order valence-electron chi connectivity index (χ2n) is 5.41. The number of halogens is 1. The number of hydrogen-bond donors (Lipinski definition) is 1. The second-order valence-corrected chi connectivity index (χ2v) is 5.41. The van der Waals surface area contributed by atoms with Crippen LogP contribution in [-0.4, -0.2) is 24.6 Å². The van der Waals surface area contributed by atoms with Gasteiger partial charge in [-0.1, -0.05) is 18.2 Å². The van der Waals surface area contributed by atoms with Gasteiger partial charge < -0.3 is 14.8 Å². The highest BCUT2D eigenvalue weighted by Crippen LogP contribution is 2.13. The molecule has 5 nitrogen and oxygen atoms in total. The zero-order valence-electron chi connectivity index (χ0n) is 14.6. The summed E-state index contributed by atoms with van der Waals surface area (Å²) < 4.78 is 23.5. The monoisotopic (exact) mass is 357 g/mol. The Labute approximate surface area is 151 Å². The molecule has 6 heteroatoms. The van der Waals surface area contributed by atoms with Crippen molar-refractivity contribution < 1.29 is 23.5 Å². The number of benzene rings is 2. The fraction of sp³-hybridized carbons (Fsp3) is 0.200. The van der Waals surface area contributed by atoms with Crippen LogP contribution >= 0.6 is 0 Å². The fourth-order valence-corrected chi connectivity index (χ4v) is 2.08. The number of carbonyl (C=O) groups is 2. The van der Waals surface area contributed by atoms with Crippen LogP contribution in [0.1, 0.15) is 19.4 Å². The predicted octanol–water partition coefficient (Wildman–Crippen LogP) is 3.81. The van der Waals surface area contributed by atoms with Crippen molar-refractivity contribution in [1.29, 1.82) is 0 Å². The smallest absolute Gasteiger partial charge is 0.331 e. The van der Waals surface area contributed by atoms with Crippen molar-refractivity contribution in [3.63, 3.8) is 0 Å². The third-order valence-corrected chi connectivity index (χ3v) is 3.36. The molecule has 26 heavy (non-hydrogen) atoms. The summed E-state index contributed by atoms with van der Waals surface area (Å²) in [5, 5.41) is 2.49. The summed E-state index contributed by atoms with van der Waals surface area (Å²) in [7, 11) is 0. The molecule has 0 unspecified atom stereocenters. The van der Waals surface area contributed by atoms with Gasteiger partial charge in [0.25, 0.3) is 5.91 Å². The summed E-state index contributed by atoms with van der Waals surface area (Å²) in [6, 6.07) is 12.7. The minimum Gasteiger partial charge on any atom is -0.494 e. The summed E-state index contributed by atoms with van der Waals surface area (Å²) in [6.07, 6.45) is 1.80.